The number of halogens is 1. The minimum atomic E-state index is 0.416. The van der Waals surface area contributed by atoms with E-state index in [4.69, 9.17) is 0 Å². The van der Waals surface area contributed by atoms with Gasteiger partial charge in [0.2, 0.25) is 0 Å². The van der Waals surface area contributed by atoms with Crippen LogP contribution in [0.25, 0.3) is 0 Å². The molecule has 1 aromatic rings. The maximum Gasteiger partial charge on any atom is 0.0305 e. The summed E-state index contributed by atoms with van der Waals surface area (Å²) >= 11 is 3.62. The molecule has 3 heteroatoms. The van der Waals surface area contributed by atoms with E-state index in [0.29, 0.717) is 12.1 Å². The third-order valence-electron chi connectivity index (χ3n) is 3.58. The van der Waals surface area contributed by atoms with E-state index >= 15 is 0 Å². The van der Waals surface area contributed by atoms with Crippen molar-refractivity contribution in [1.29, 1.82) is 0 Å². The van der Waals surface area contributed by atoms with E-state index in [-0.39, 0.29) is 0 Å². The highest BCUT2D eigenvalue weighted by Gasteiger charge is 2.19. The van der Waals surface area contributed by atoms with Gasteiger partial charge in [-0.3, -0.25) is 0 Å². The molecule has 1 aromatic carbocycles. The molecule has 1 saturated heterocycles. The standard InChI is InChI=1S/C14H21BrN2/c1-11(13-5-3-4-6-14(13)15)16-12-7-9-17(2)10-8-12/h3-6,11-12,16H,7-10H2,1-2H3/t11-/m1/s1. The lowest BCUT2D eigenvalue weighted by atomic mass is 10.0. The maximum absolute atomic E-state index is 3.74. The van der Waals surface area contributed by atoms with E-state index in [1.807, 2.05) is 0 Å². The number of benzene rings is 1. The lowest BCUT2D eigenvalue weighted by Crippen LogP contribution is -2.41. The summed E-state index contributed by atoms with van der Waals surface area (Å²) in [6.45, 7) is 4.67. The Bertz CT molecular complexity index is 359. The van der Waals surface area contributed by atoms with Crippen LogP contribution < -0.4 is 5.32 Å². The van der Waals surface area contributed by atoms with Crippen LogP contribution in [0.4, 0.5) is 0 Å². The summed E-state index contributed by atoms with van der Waals surface area (Å²) in [5.41, 5.74) is 1.35. The first kappa shape index (κ1) is 13.1. The number of rotatable bonds is 3. The summed E-state index contributed by atoms with van der Waals surface area (Å²) in [6.07, 6.45) is 2.51. The fourth-order valence-corrected chi connectivity index (χ4v) is 3.07. The van der Waals surface area contributed by atoms with Gasteiger partial charge in [0, 0.05) is 16.6 Å². The summed E-state index contributed by atoms with van der Waals surface area (Å²) in [7, 11) is 2.20. The quantitative estimate of drug-likeness (QED) is 0.921. The molecule has 0 saturated carbocycles. The zero-order chi connectivity index (χ0) is 12.3. The molecule has 1 fully saturated rings. The SMILES string of the molecule is C[C@@H](NC1CCN(C)CC1)c1ccccc1Br. The van der Waals surface area contributed by atoms with Crippen LogP contribution in [0.5, 0.6) is 0 Å². The second-order valence-electron chi connectivity index (χ2n) is 4.99. The summed E-state index contributed by atoms with van der Waals surface area (Å²) in [4.78, 5) is 2.40. The molecule has 1 heterocycles. The Kier molecular flexibility index (Phi) is 4.60. The summed E-state index contributed by atoms with van der Waals surface area (Å²) < 4.78 is 1.20. The lowest BCUT2D eigenvalue weighted by molar-refractivity contribution is 0.226. The Morgan fingerprint density at radius 1 is 1.29 bits per heavy atom. The van der Waals surface area contributed by atoms with E-state index in [2.05, 4.69) is 64.4 Å². The molecule has 1 aliphatic heterocycles. The molecule has 0 radical (unpaired) electrons. The molecule has 0 amide bonds. The van der Waals surface area contributed by atoms with Crippen molar-refractivity contribution >= 4 is 15.9 Å². The van der Waals surface area contributed by atoms with Crippen LogP contribution in [0, 0.1) is 0 Å². The predicted molar refractivity (Wildman–Crippen MR) is 76.2 cm³/mol. The number of nitrogens with one attached hydrogen (secondary N) is 1. The molecule has 2 rings (SSSR count). The minimum absolute atomic E-state index is 0.416. The van der Waals surface area contributed by atoms with Crippen molar-refractivity contribution in [1.82, 2.24) is 10.2 Å². The molecule has 1 aliphatic rings. The third kappa shape index (κ3) is 3.54. The van der Waals surface area contributed by atoms with Crippen LogP contribution in [0.3, 0.4) is 0 Å². The van der Waals surface area contributed by atoms with Crippen LogP contribution in [-0.2, 0) is 0 Å². The zero-order valence-electron chi connectivity index (χ0n) is 10.6. The fraction of sp³-hybridized carbons (Fsp3) is 0.571. The monoisotopic (exact) mass is 296 g/mol. The van der Waals surface area contributed by atoms with Gasteiger partial charge >= 0.3 is 0 Å². The Morgan fingerprint density at radius 3 is 2.59 bits per heavy atom. The van der Waals surface area contributed by atoms with Crippen molar-refractivity contribution < 1.29 is 0 Å². The van der Waals surface area contributed by atoms with E-state index in [1.165, 1.54) is 36.0 Å². The van der Waals surface area contributed by atoms with Gasteiger partial charge in [-0.2, -0.15) is 0 Å². The Hall–Kier alpha value is -0.380. The Morgan fingerprint density at radius 2 is 1.94 bits per heavy atom. The fourth-order valence-electron chi connectivity index (χ4n) is 2.44. The van der Waals surface area contributed by atoms with Gasteiger partial charge in [-0.05, 0) is 51.5 Å². The summed E-state index contributed by atoms with van der Waals surface area (Å²) in [5.74, 6) is 0. The first-order valence-electron chi connectivity index (χ1n) is 6.36. The number of hydrogen-bond acceptors (Lipinski definition) is 2. The topological polar surface area (TPSA) is 15.3 Å². The van der Waals surface area contributed by atoms with E-state index < -0.39 is 0 Å². The van der Waals surface area contributed by atoms with Gasteiger partial charge < -0.3 is 10.2 Å². The van der Waals surface area contributed by atoms with Gasteiger partial charge in [0.05, 0.1) is 0 Å². The first-order chi connectivity index (χ1) is 8.16. The van der Waals surface area contributed by atoms with Crippen molar-refractivity contribution in [2.75, 3.05) is 20.1 Å². The van der Waals surface area contributed by atoms with Gasteiger partial charge in [-0.15, -0.1) is 0 Å². The van der Waals surface area contributed by atoms with E-state index in [0.717, 1.165) is 0 Å². The molecule has 1 atom stereocenters. The molecule has 0 unspecified atom stereocenters. The van der Waals surface area contributed by atoms with Crippen LogP contribution in [-0.4, -0.2) is 31.1 Å². The first-order valence-corrected chi connectivity index (χ1v) is 7.15. The minimum Gasteiger partial charge on any atom is -0.307 e. The predicted octanol–water partition coefficient (Wildman–Crippen LogP) is 3.19. The maximum atomic E-state index is 3.74. The van der Waals surface area contributed by atoms with Crippen molar-refractivity contribution in [3.63, 3.8) is 0 Å². The molecular formula is C14H21BrN2. The van der Waals surface area contributed by atoms with Gasteiger partial charge in [0.1, 0.15) is 0 Å². The van der Waals surface area contributed by atoms with Crippen molar-refractivity contribution in [3.8, 4) is 0 Å². The number of likely N-dealkylation sites (tertiary alicyclic amines) is 1. The van der Waals surface area contributed by atoms with Gasteiger partial charge in [-0.1, -0.05) is 34.1 Å². The second-order valence-corrected chi connectivity index (χ2v) is 5.84. The molecule has 0 aliphatic carbocycles. The molecule has 17 heavy (non-hydrogen) atoms. The smallest absolute Gasteiger partial charge is 0.0305 e. The summed E-state index contributed by atoms with van der Waals surface area (Å²) in [5, 5.41) is 3.74. The number of hydrogen-bond donors (Lipinski definition) is 1. The Balaban J connectivity index is 1.93. The van der Waals surface area contributed by atoms with E-state index in [1.54, 1.807) is 0 Å². The average molecular weight is 297 g/mol. The molecule has 0 aromatic heterocycles. The largest absolute Gasteiger partial charge is 0.307 e. The lowest BCUT2D eigenvalue weighted by Gasteiger charge is -2.32. The molecule has 94 valence electrons. The van der Waals surface area contributed by atoms with Crippen LogP contribution in [0.15, 0.2) is 28.7 Å². The van der Waals surface area contributed by atoms with Crippen molar-refractivity contribution in [3.05, 3.63) is 34.3 Å². The number of piperidine rings is 1. The molecule has 0 bridgehead atoms. The zero-order valence-corrected chi connectivity index (χ0v) is 12.2. The highest BCUT2D eigenvalue weighted by molar-refractivity contribution is 9.10. The second kappa shape index (κ2) is 5.98. The normalized spacial score (nSPS) is 20.4. The molecular weight excluding hydrogens is 276 g/mol. The van der Waals surface area contributed by atoms with Crippen molar-refractivity contribution in [2.45, 2.75) is 31.8 Å². The molecule has 0 spiro atoms. The van der Waals surface area contributed by atoms with Crippen LogP contribution in [0.1, 0.15) is 31.4 Å². The molecule has 1 N–H and O–H groups in total. The Labute approximate surface area is 113 Å². The van der Waals surface area contributed by atoms with Gasteiger partial charge in [0.15, 0.2) is 0 Å². The van der Waals surface area contributed by atoms with E-state index in [9.17, 15) is 0 Å². The summed E-state index contributed by atoms with van der Waals surface area (Å²) in [6, 6.07) is 9.55. The van der Waals surface area contributed by atoms with Crippen molar-refractivity contribution in [2.24, 2.45) is 0 Å². The average Bonchev–Trinajstić information content (AvgIpc) is 2.32. The van der Waals surface area contributed by atoms with Crippen LogP contribution >= 0.6 is 15.9 Å². The number of nitrogens with zero attached hydrogens (tertiary/aromatic N) is 1. The van der Waals surface area contributed by atoms with Gasteiger partial charge in [-0.25, -0.2) is 0 Å². The van der Waals surface area contributed by atoms with Crippen LogP contribution in [0.2, 0.25) is 0 Å². The highest BCUT2D eigenvalue weighted by Crippen LogP contribution is 2.24. The molecule has 2 nitrogen and oxygen atoms in total. The third-order valence-corrected chi connectivity index (χ3v) is 4.30. The van der Waals surface area contributed by atoms with Gasteiger partial charge in [0.25, 0.3) is 0 Å². The highest BCUT2D eigenvalue weighted by atomic mass is 79.9.